The molecule has 0 aromatic heterocycles. The van der Waals surface area contributed by atoms with Crippen molar-refractivity contribution in [2.75, 3.05) is 0 Å². The molecule has 9 heteroatoms. The highest BCUT2D eigenvalue weighted by atomic mass is 19.1. The van der Waals surface area contributed by atoms with E-state index in [0.29, 0.717) is 24.7 Å². The number of halogens is 1. The molecule has 2 aromatic rings. The number of hydrogen-bond acceptors (Lipinski definition) is 5. The highest BCUT2D eigenvalue weighted by Gasteiger charge is 2.29. The summed E-state index contributed by atoms with van der Waals surface area (Å²) < 4.78 is 18.5. The van der Waals surface area contributed by atoms with Crippen molar-refractivity contribution in [3.8, 4) is 0 Å². The Labute approximate surface area is 223 Å². The fourth-order valence-corrected chi connectivity index (χ4v) is 3.88. The molecule has 0 saturated carbocycles. The predicted molar refractivity (Wildman–Crippen MR) is 142 cm³/mol. The lowest BCUT2D eigenvalue weighted by Crippen LogP contribution is -2.55. The summed E-state index contributed by atoms with van der Waals surface area (Å²) in [5.74, 6) is -1.29. The van der Waals surface area contributed by atoms with Crippen molar-refractivity contribution in [2.45, 2.75) is 71.7 Å². The van der Waals surface area contributed by atoms with Gasteiger partial charge in [0.05, 0.1) is 6.04 Å². The lowest BCUT2D eigenvalue weighted by atomic mass is 9.99. The van der Waals surface area contributed by atoms with Crippen LogP contribution in [0.5, 0.6) is 0 Å². The second-order valence-electron chi connectivity index (χ2n) is 10.2. The van der Waals surface area contributed by atoms with Crippen LogP contribution < -0.4 is 16.0 Å². The predicted octanol–water partition coefficient (Wildman–Crippen LogP) is 3.92. The molecule has 0 heterocycles. The van der Waals surface area contributed by atoms with E-state index >= 15 is 0 Å². The van der Waals surface area contributed by atoms with Gasteiger partial charge in [-0.05, 0) is 54.4 Å². The molecule has 0 aliphatic carbocycles. The number of alkyl carbamates (subject to hydrolysis) is 1. The third-order valence-electron chi connectivity index (χ3n) is 5.73. The molecule has 0 bridgehead atoms. The number of aldehydes is 1. The summed E-state index contributed by atoms with van der Waals surface area (Å²) >= 11 is 0. The second-order valence-corrected chi connectivity index (χ2v) is 10.2. The Bertz CT molecular complexity index is 1040. The SMILES string of the molecule is CC(C)C[C@H](NC(=O)OCc1ccccc1)C(=O)N[C@@H](CC(C)C)C(=O)N[C@H](C=O)Cc1ccc(F)cc1. The van der Waals surface area contributed by atoms with Crippen LogP contribution in [-0.4, -0.2) is 42.3 Å². The fraction of sp³-hybridized carbons (Fsp3) is 0.448. The number of hydrogen-bond donors (Lipinski definition) is 3. The van der Waals surface area contributed by atoms with E-state index in [4.69, 9.17) is 4.74 Å². The Morgan fingerprint density at radius 3 is 1.89 bits per heavy atom. The minimum Gasteiger partial charge on any atom is -0.445 e. The average Bonchev–Trinajstić information content (AvgIpc) is 2.87. The van der Waals surface area contributed by atoms with Gasteiger partial charge in [-0.2, -0.15) is 0 Å². The van der Waals surface area contributed by atoms with E-state index in [1.807, 2.05) is 58.0 Å². The molecule has 3 amide bonds. The van der Waals surface area contributed by atoms with E-state index in [1.165, 1.54) is 12.1 Å². The molecule has 0 saturated heterocycles. The van der Waals surface area contributed by atoms with E-state index in [9.17, 15) is 23.6 Å². The summed E-state index contributed by atoms with van der Waals surface area (Å²) in [6.07, 6.45) is 0.722. The second kappa shape index (κ2) is 15.5. The minimum atomic E-state index is -0.921. The quantitative estimate of drug-likeness (QED) is 0.322. The molecular weight excluding hydrogens is 489 g/mol. The Kier molecular flexibility index (Phi) is 12.4. The van der Waals surface area contributed by atoms with Gasteiger partial charge >= 0.3 is 6.09 Å². The van der Waals surface area contributed by atoms with Crippen LogP contribution in [0, 0.1) is 17.7 Å². The van der Waals surface area contributed by atoms with Crippen LogP contribution in [0.1, 0.15) is 51.7 Å². The van der Waals surface area contributed by atoms with Gasteiger partial charge in [0.25, 0.3) is 0 Å². The molecule has 0 fully saturated rings. The summed E-state index contributed by atoms with van der Waals surface area (Å²) in [5, 5.41) is 8.03. The van der Waals surface area contributed by atoms with Crippen LogP contribution >= 0.6 is 0 Å². The maximum absolute atomic E-state index is 13.2. The number of nitrogens with one attached hydrogen (secondary N) is 3. The Morgan fingerprint density at radius 2 is 1.34 bits per heavy atom. The first kappa shape index (κ1) is 30.5. The zero-order chi connectivity index (χ0) is 28.1. The summed E-state index contributed by atoms with van der Waals surface area (Å²) in [6, 6.07) is 12.1. The molecule has 8 nitrogen and oxygen atoms in total. The number of benzene rings is 2. The van der Waals surface area contributed by atoms with E-state index < -0.39 is 41.9 Å². The first-order valence-electron chi connectivity index (χ1n) is 12.8. The molecule has 0 radical (unpaired) electrons. The van der Waals surface area contributed by atoms with Gasteiger partial charge in [0, 0.05) is 0 Å². The van der Waals surface area contributed by atoms with Crippen LogP contribution in [-0.2, 0) is 32.1 Å². The van der Waals surface area contributed by atoms with Gasteiger partial charge in [-0.15, -0.1) is 0 Å². The average molecular weight is 528 g/mol. The van der Waals surface area contributed by atoms with Gasteiger partial charge in [0.1, 0.15) is 30.8 Å². The maximum Gasteiger partial charge on any atom is 0.408 e. The molecule has 3 atom stereocenters. The Hall–Kier alpha value is -3.75. The van der Waals surface area contributed by atoms with Crippen molar-refractivity contribution < 1.29 is 28.3 Å². The smallest absolute Gasteiger partial charge is 0.408 e. The first-order chi connectivity index (χ1) is 18.1. The molecule has 0 spiro atoms. The minimum absolute atomic E-state index is 0.0577. The van der Waals surface area contributed by atoms with Crippen LogP contribution in [0.2, 0.25) is 0 Å². The van der Waals surface area contributed by atoms with Crippen molar-refractivity contribution in [1.82, 2.24) is 16.0 Å². The van der Waals surface area contributed by atoms with Crippen molar-refractivity contribution in [3.63, 3.8) is 0 Å². The number of amides is 3. The standard InChI is InChI=1S/C29H38FN3O5/c1-19(2)14-25(27(35)31-24(17-34)16-21-10-12-23(30)13-11-21)32-28(36)26(15-20(3)4)33-29(37)38-18-22-8-6-5-7-9-22/h5-13,17,19-20,24-26H,14-16,18H2,1-4H3,(H,31,35)(H,32,36)(H,33,37)/t24-,25-,26-/m0/s1. The lowest BCUT2D eigenvalue weighted by molar-refractivity contribution is -0.131. The zero-order valence-corrected chi connectivity index (χ0v) is 22.4. The summed E-state index contributed by atoms with van der Waals surface area (Å²) in [7, 11) is 0. The molecule has 0 aliphatic rings. The summed E-state index contributed by atoms with van der Waals surface area (Å²) in [5.41, 5.74) is 1.50. The van der Waals surface area contributed by atoms with Crippen molar-refractivity contribution in [2.24, 2.45) is 11.8 Å². The van der Waals surface area contributed by atoms with Crippen molar-refractivity contribution in [3.05, 3.63) is 71.5 Å². The Morgan fingerprint density at radius 1 is 0.789 bits per heavy atom. The van der Waals surface area contributed by atoms with Gasteiger partial charge < -0.3 is 25.5 Å². The van der Waals surface area contributed by atoms with Gasteiger partial charge in [0.15, 0.2) is 0 Å². The van der Waals surface area contributed by atoms with E-state index in [-0.39, 0.29) is 24.9 Å². The zero-order valence-electron chi connectivity index (χ0n) is 22.4. The lowest BCUT2D eigenvalue weighted by Gasteiger charge is -2.26. The van der Waals surface area contributed by atoms with E-state index in [1.54, 1.807) is 12.1 Å². The van der Waals surface area contributed by atoms with Gasteiger partial charge in [-0.1, -0.05) is 70.2 Å². The molecular formula is C29H38FN3O5. The van der Waals surface area contributed by atoms with Crippen LogP contribution in [0.15, 0.2) is 54.6 Å². The Balaban J connectivity index is 2.04. The maximum atomic E-state index is 13.2. The van der Waals surface area contributed by atoms with Gasteiger partial charge in [0.2, 0.25) is 11.8 Å². The van der Waals surface area contributed by atoms with Crippen molar-refractivity contribution >= 4 is 24.2 Å². The third kappa shape index (κ3) is 11.1. The number of rotatable bonds is 14. The third-order valence-corrected chi connectivity index (χ3v) is 5.73. The fourth-order valence-electron chi connectivity index (χ4n) is 3.88. The van der Waals surface area contributed by atoms with E-state index in [0.717, 1.165) is 5.56 Å². The molecule has 38 heavy (non-hydrogen) atoms. The number of carbonyl (C=O) groups excluding carboxylic acids is 4. The molecule has 0 unspecified atom stereocenters. The number of ether oxygens (including phenoxy) is 1. The van der Waals surface area contributed by atoms with Crippen LogP contribution in [0.3, 0.4) is 0 Å². The van der Waals surface area contributed by atoms with E-state index in [2.05, 4.69) is 16.0 Å². The summed E-state index contributed by atoms with van der Waals surface area (Å²) in [6.45, 7) is 7.71. The summed E-state index contributed by atoms with van der Waals surface area (Å²) in [4.78, 5) is 50.4. The molecule has 206 valence electrons. The van der Waals surface area contributed by atoms with Gasteiger partial charge in [-0.3, -0.25) is 9.59 Å². The topological polar surface area (TPSA) is 114 Å². The van der Waals surface area contributed by atoms with Crippen molar-refractivity contribution in [1.29, 1.82) is 0 Å². The molecule has 0 aliphatic heterocycles. The molecule has 2 rings (SSSR count). The highest BCUT2D eigenvalue weighted by Crippen LogP contribution is 2.11. The van der Waals surface area contributed by atoms with Gasteiger partial charge in [-0.25, -0.2) is 9.18 Å². The monoisotopic (exact) mass is 527 g/mol. The largest absolute Gasteiger partial charge is 0.445 e. The van der Waals surface area contributed by atoms with Crippen LogP contribution in [0.4, 0.5) is 9.18 Å². The number of carbonyl (C=O) groups is 4. The molecule has 2 aromatic carbocycles. The molecule has 3 N–H and O–H groups in total. The first-order valence-corrected chi connectivity index (χ1v) is 12.8. The highest BCUT2D eigenvalue weighted by molar-refractivity contribution is 5.92. The van der Waals surface area contributed by atoms with Crippen LogP contribution in [0.25, 0.3) is 0 Å². The normalized spacial score (nSPS) is 13.3.